The fraction of sp³-hybridized carbons (Fsp3) is 0.133. The summed E-state index contributed by atoms with van der Waals surface area (Å²) in [5, 5.41) is 23.0. The van der Waals surface area contributed by atoms with Crippen LogP contribution in [0.4, 0.5) is 11.4 Å². The third-order valence-corrected chi connectivity index (χ3v) is 3.05. The van der Waals surface area contributed by atoms with Gasteiger partial charge in [0.25, 0.3) is 11.6 Å². The summed E-state index contributed by atoms with van der Waals surface area (Å²) in [5.74, 6) is -0.466. The van der Waals surface area contributed by atoms with E-state index in [1.54, 1.807) is 26.0 Å². The lowest BCUT2D eigenvalue weighted by molar-refractivity contribution is -0.385. The minimum absolute atomic E-state index is 0.00692. The first kappa shape index (κ1) is 14.5. The maximum absolute atomic E-state index is 12.3. The number of nitrogens with one attached hydrogen (secondary N) is 1. The summed E-state index contributed by atoms with van der Waals surface area (Å²) in [6, 6.07) is 8.86. The van der Waals surface area contributed by atoms with Crippen LogP contribution in [0.15, 0.2) is 36.4 Å². The lowest BCUT2D eigenvalue weighted by Gasteiger charge is -2.09. The minimum Gasteiger partial charge on any atom is -0.508 e. The van der Waals surface area contributed by atoms with E-state index in [0.29, 0.717) is 11.3 Å². The number of nitrogens with zero attached hydrogens (tertiary/aromatic N) is 1. The van der Waals surface area contributed by atoms with E-state index in [-0.39, 0.29) is 17.0 Å². The first-order chi connectivity index (χ1) is 9.88. The number of rotatable bonds is 3. The van der Waals surface area contributed by atoms with Crippen LogP contribution in [0.5, 0.6) is 5.75 Å². The van der Waals surface area contributed by atoms with Gasteiger partial charge in [-0.15, -0.1) is 0 Å². The number of carbonyl (C=O) groups excluding carboxylic acids is 1. The maximum Gasteiger partial charge on any atom is 0.282 e. The molecule has 21 heavy (non-hydrogen) atoms. The molecule has 0 aliphatic rings. The molecule has 0 fully saturated rings. The molecule has 0 aliphatic heterocycles. The Morgan fingerprint density at radius 2 is 1.90 bits per heavy atom. The van der Waals surface area contributed by atoms with Gasteiger partial charge in [0.1, 0.15) is 11.3 Å². The van der Waals surface area contributed by atoms with E-state index in [1.165, 1.54) is 24.3 Å². The average Bonchev–Trinajstić information content (AvgIpc) is 2.41. The van der Waals surface area contributed by atoms with Crippen LogP contribution in [0, 0.1) is 24.0 Å². The van der Waals surface area contributed by atoms with Gasteiger partial charge in [0.15, 0.2) is 0 Å². The van der Waals surface area contributed by atoms with Crippen molar-refractivity contribution in [2.75, 3.05) is 5.32 Å². The summed E-state index contributed by atoms with van der Waals surface area (Å²) < 4.78 is 0. The number of phenols is 1. The molecule has 0 aromatic heterocycles. The van der Waals surface area contributed by atoms with Gasteiger partial charge in [-0.3, -0.25) is 14.9 Å². The van der Waals surface area contributed by atoms with Crippen molar-refractivity contribution in [3.8, 4) is 5.75 Å². The summed E-state index contributed by atoms with van der Waals surface area (Å²) in [5.41, 5.74) is 1.68. The van der Waals surface area contributed by atoms with Gasteiger partial charge in [0, 0.05) is 11.8 Å². The van der Waals surface area contributed by atoms with E-state index in [2.05, 4.69) is 5.32 Å². The third kappa shape index (κ3) is 3.17. The zero-order valence-electron chi connectivity index (χ0n) is 11.6. The highest BCUT2D eigenvalue weighted by Gasteiger charge is 2.20. The fourth-order valence-electron chi connectivity index (χ4n) is 1.97. The SMILES string of the molecule is Cc1ccc([N+](=O)[O-])c(C(=O)Nc2ccc(O)cc2C)c1. The van der Waals surface area contributed by atoms with Crippen LogP contribution in [-0.2, 0) is 0 Å². The second-order valence-corrected chi connectivity index (χ2v) is 4.73. The third-order valence-electron chi connectivity index (χ3n) is 3.05. The molecule has 0 spiro atoms. The molecule has 6 heteroatoms. The summed E-state index contributed by atoms with van der Waals surface area (Å²) in [4.78, 5) is 22.7. The smallest absolute Gasteiger partial charge is 0.282 e. The molecule has 108 valence electrons. The molecule has 0 radical (unpaired) electrons. The van der Waals surface area contributed by atoms with Crippen molar-refractivity contribution in [1.82, 2.24) is 0 Å². The van der Waals surface area contributed by atoms with Crippen molar-refractivity contribution in [2.45, 2.75) is 13.8 Å². The standard InChI is InChI=1S/C15H14N2O4/c1-9-3-6-14(17(20)21)12(7-9)15(19)16-13-5-4-11(18)8-10(13)2/h3-8,18H,1-2H3,(H,16,19). The molecule has 0 heterocycles. The Kier molecular flexibility index (Phi) is 3.89. The molecule has 0 aliphatic carbocycles. The molecular weight excluding hydrogens is 272 g/mol. The number of nitro groups is 1. The van der Waals surface area contributed by atoms with Gasteiger partial charge in [0.2, 0.25) is 0 Å². The van der Waals surface area contributed by atoms with Gasteiger partial charge in [-0.05, 0) is 49.2 Å². The number of hydrogen-bond donors (Lipinski definition) is 2. The quantitative estimate of drug-likeness (QED) is 0.515. The summed E-state index contributed by atoms with van der Waals surface area (Å²) in [7, 11) is 0. The van der Waals surface area contributed by atoms with Crippen LogP contribution in [0.3, 0.4) is 0 Å². The number of aromatic hydroxyl groups is 1. The zero-order valence-corrected chi connectivity index (χ0v) is 11.6. The Bertz CT molecular complexity index is 726. The largest absolute Gasteiger partial charge is 0.508 e. The van der Waals surface area contributed by atoms with Gasteiger partial charge in [-0.1, -0.05) is 6.07 Å². The van der Waals surface area contributed by atoms with Crippen molar-refractivity contribution >= 4 is 17.3 Å². The molecule has 0 atom stereocenters. The van der Waals surface area contributed by atoms with Gasteiger partial charge in [-0.2, -0.15) is 0 Å². The van der Waals surface area contributed by atoms with Crippen molar-refractivity contribution in [1.29, 1.82) is 0 Å². The summed E-state index contributed by atoms with van der Waals surface area (Å²) in [6.07, 6.45) is 0. The molecule has 0 saturated carbocycles. The molecule has 2 N–H and O–H groups in total. The molecule has 0 bridgehead atoms. The van der Waals surface area contributed by atoms with Crippen LogP contribution in [0.2, 0.25) is 0 Å². The zero-order chi connectivity index (χ0) is 15.6. The molecule has 2 rings (SSSR count). The van der Waals surface area contributed by atoms with Crippen LogP contribution in [0.25, 0.3) is 0 Å². The average molecular weight is 286 g/mol. The fourth-order valence-corrected chi connectivity index (χ4v) is 1.97. The summed E-state index contributed by atoms with van der Waals surface area (Å²) in [6.45, 7) is 3.48. The Labute approximate surface area is 121 Å². The first-order valence-electron chi connectivity index (χ1n) is 6.24. The Morgan fingerprint density at radius 3 is 2.52 bits per heavy atom. The van der Waals surface area contributed by atoms with Crippen LogP contribution >= 0.6 is 0 Å². The van der Waals surface area contributed by atoms with E-state index in [0.717, 1.165) is 5.56 Å². The first-order valence-corrected chi connectivity index (χ1v) is 6.24. The van der Waals surface area contributed by atoms with Crippen molar-refractivity contribution in [3.05, 3.63) is 63.2 Å². The Balaban J connectivity index is 2.36. The van der Waals surface area contributed by atoms with Crippen LogP contribution in [-0.4, -0.2) is 15.9 Å². The topological polar surface area (TPSA) is 92.5 Å². The molecule has 0 unspecified atom stereocenters. The van der Waals surface area contributed by atoms with Crippen molar-refractivity contribution in [3.63, 3.8) is 0 Å². The number of aryl methyl sites for hydroxylation is 2. The molecule has 2 aromatic rings. The lowest BCUT2D eigenvalue weighted by Crippen LogP contribution is -2.14. The molecule has 1 amide bonds. The molecular formula is C15H14N2O4. The second-order valence-electron chi connectivity index (χ2n) is 4.73. The van der Waals surface area contributed by atoms with Gasteiger partial charge in [0.05, 0.1) is 4.92 Å². The normalized spacial score (nSPS) is 10.2. The number of anilines is 1. The number of benzene rings is 2. The minimum atomic E-state index is -0.585. The van der Waals surface area contributed by atoms with Crippen molar-refractivity contribution < 1.29 is 14.8 Å². The number of hydrogen-bond acceptors (Lipinski definition) is 4. The highest BCUT2D eigenvalue weighted by Crippen LogP contribution is 2.24. The lowest BCUT2D eigenvalue weighted by atomic mass is 10.1. The number of amides is 1. The van der Waals surface area contributed by atoms with Gasteiger partial charge >= 0.3 is 0 Å². The Morgan fingerprint density at radius 1 is 1.19 bits per heavy atom. The van der Waals surface area contributed by atoms with Crippen molar-refractivity contribution in [2.24, 2.45) is 0 Å². The van der Waals surface area contributed by atoms with Crippen LogP contribution in [0.1, 0.15) is 21.5 Å². The number of phenolic OH excluding ortho intramolecular Hbond substituents is 1. The predicted octanol–water partition coefficient (Wildman–Crippen LogP) is 3.17. The van der Waals surface area contributed by atoms with E-state index in [1.807, 2.05) is 0 Å². The number of carbonyl (C=O) groups is 1. The van der Waals surface area contributed by atoms with E-state index >= 15 is 0 Å². The van der Waals surface area contributed by atoms with Crippen LogP contribution < -0.4 is 5.32 Å². The predicted molar refractivity (Wildman–Crippen MR) is 78.6 cm³/mol. The Hall–Kier alpha value is -2.89. The second kappa shape index (κ2) is 5.62. The number of nitro benzene ring substituents is 1. The highest BCUT2D eigenvalue weighted by atomic mass is 16.6. The molecule has 0 saturated heterocycles. The monoisotopic (exact) mass is 286 g/mol. The molecule has 6 nitrogen and oxygen atoms in total. The maximum atomic E-state index is 12.3. The van der Waals surface area contributed by atoms with E-state index < -0.39 is 10.8 Å². The van der Waals surface area contributed by atoms with Gasteiger partial charge < -0.3 is 10.4 Å². The summed E-state index contributed by atoms with van der Waals surface area (Å²) >= 11 is 0. The van der Waals surface area contributed by atoms with E-state index in [4.69, 9.17) is 0 Å². The molecule has 2 aromatic carbocycles. The van der Waals surface area contributed by atoms with Gasteiger partial charge in [-0.25, -0.2) is 0 Å². The van der Waals surface area contributed by atoms with E-state index in [9.17, 15) is 20.0 Å². The highest BCUT2D eigenvalue weighted by molar-refractivity contribution is 6.07.